The number of hydrogen-bond acceptors (Lipinski definition) is 3. The van der Waals surface area contributed by atoms with Gasteiger partial charge in [-0.1, -0.05) is 18.2 Å². The minimum absolute atomic E-state index is 0.382. The smallest absolute Gasteiger partial charge is 0.311 e. The Morgan fingerprint density at radius 3 is 2.90 bits per heavy atom. The van der Waals surface area contributed by atoms with Crippen LogP contribution in [0.4, 0.5) is 5.69 Å². The van der Waals surface area contributed by atoms with Gasteiger partial charge in [-0.3, -0.25) is 4.79 Å². The van der Waals surface area contributed by atoms with E-state index in [1.54, 1.807) is 6.20 Å². The maximum absolute atomic E-state index is 11.4. The van der Waals surface area contributed by atoms with Gasteiger partial charge in [-0.25, -0.2) is 4.98 Å². The van der Waals surface area contributed by atoms with Crippen LogP contribution in [0.15, 0.2) is 36.7 Å². The van der Waals surface area contributed by atoms with Crippen LogP contribution in [0.1, 0.15) is 23.7 Å². The maximum atomic E-state index is 11.4. The molecule has 1 unspecified atom stereocenters. The first-order chi connectivity index (χ1) is 10.2. The number of aryl methyl sites for hydroxylation is 1. The third-order valence-corrected chi connectivity index (χ3v) is 4.17. The monoisotopic (exact) mass is 285 g/mol. The van der Waals surface area contributed by atoms with E-state index in [9.17, 15) is 9.90 Å². The zero-order chi connectivity index (χ0) is 14.8. The fraction of sp³-hybridized carbons (Fsp3) is 0.375. The summed E-state index contributed by atoms with van der Waals surface area (Å²) in [4.78, 5) is 17.9. The van der Waals surface area contributed by atoms with Gasteiger partial charge in [0.15, 0.2) is 0 Å². The van der Waals surface area contributed by atoms with Crippen LogP contribution in [0.3, 0.4) is 0 Å². The first-order valence-corrected chi connectivity index (χ1v) is 7.21. The largest absolute Gasteiger partial charge is 0.481 e. The van der Waals surface area contributed by atoms with Crippen LogP contribution < -0.4 is 4.90 Å². The molecular weight excluding hydrogens is 266 g/mol. The van der Waals surface area contributed by atoms with Crippen LogP contribution in [0.2, 0.25) is 0 Å². The van der Waals surface area contributed by atoms with Crippen molar-refractivity contribution in [3.05, 3.63) is 48.0 Å². The van der Waals surface area contributed by atoms with Crippen molar-refractivity contribution in [3.8, 4) is 0 Å². The Morgan fingerprint density at radius 1 is 1.38 bits per heavy atom. The van der Waals surface area contributed by atoms with E-state index in [1.165, 1.54) is 0 Å². The highest BCUT2D eigenvalue weighted by Crippen LogP contribution is 2.35. The molecule has 0 fully saturated rings. The molecule has 1 atom stereocenters. The van der Waals surface area contributed by atoms with Gasteiger partial charge in [0.2, 0.25) is 0 Å². The first kappa shape index (κ1) is 13.7. The summed E-state index contributed by atoms with van der Waals surface area (Å²) in [7, 11) is 0. The molecule has 2 aromatic rings. The molecule has 0 amide bonds. The van der Waals surface area contributed by atoms with E-state index in [0.717, 1.165) is 36.7 Å². The SMILES string of the molecule is Cc1nccn1CCN1CCC(C(=O)O)c2ccccc21. The Labute approximate surface area is 123 Å². The van der Waals surface area contributed by atoms with Gasteiger partial charge in [-0.2, -0.15) is 0 Å². The third-order valence-electron chi connectivity index (χ3n) is 4.17. The molecule has 21 heavy (non-hydrogen) atoms. The van der Waals surface area contributed by atoms with Gasteiger partial charge in [-0.15, -0.1) is 0 Å². The molecule has 0 aliphatic carbocycles. The average molecular weight is 285 g/mol. The van der Waals surface area contributed by atoms with Crippen LogP contribution in [0.5, 0.6) is 0 Å². The lowest BCUT2D eigenvalue weighted by molar-refractivity contribution is -0.139. The second-order valence-electron chi connectivity index (χ2n) is 5.39. The van der Waals surface area contributed by atoms with Gasteiger partial charge in [0, 0.05) is 37.7 Å². The predicted octanol–water partition coefficient (Wildman–Crippen LogP) is 2.27. The molecular formula is C16H19N3O2. The molecule has 2 heterocycles. The van der Waals surface area contributed by atoms with Crippen molar-refractivity contribution < 1.29 is 9.90 Å². The number of carboxylic acids is 1. The molecule has 0 radical (unpaired) electrons. The summed E-state index contributed by atoms with van der Waals surface area (Å²) in [5.41, 5.74) is 1.98. The van der Waals surface area contributed by atoms with E-state index in [2.05, 4.69) is 14.5 Å². The minimum atomic E-state index is -0.729. The highest BCUT2D eigenvalue weighted by molar-refractivity contribution is 5.80. The van der Waals surface area contributed by atoms with Crippen molar-refractivity contribution in [3.63, 3.8) is 0 Å². The normalized spacial score (nSPS) is 17.6. The van der Waals surface area contributed by atoms with E-state index in [4.69, 9.17) is 0 Å². The van der Waals surface area contributed by atoms with E-state index in [0.29, 0.717) is 6.42 Å². The number of fused-ring (bicyclic) bond motifs is 1. The number of para-hydroxylation sites is 1. The zero-order valence-electron chi connectivity index (χ0n) is 12.1. The summed E-state index contributed by atoms with van der Waals surface area (Å²) in [6.07, 6.45) is 4.44. The number of imidazole rings is 1. The Hall–Kier alpha value is -2.30. The minimum Gasteiger partial charge on any atom is -0.481 e. The molecule has 1 aromatic carbocycles. The van der Waals surface area contributed by atoms with Crippen molar-refractivity contribution in [2.24, 2.45) is 0 Å². The van der Waals surface area contributed by atoms with Crippen molar-refractivity contribution in [2.75, 3.05) is 18.0 Å². The molecule has 3 rings (SSSR count). The Balaban J connectivity index is 1.79. The Kier molecular flexibility index (Phi) is 3.64. The number of carboxylic acid groups (broad SMARTS) is 1. The fourth-order valence-electron chi connectivity index (χ4n) is 2.99. The van der Waals surface area contributed by atoms with E-state index in [1.807, 2.05) is 37.4 Å². The van der Waals surface area contributed by atoms with E-state index < -0.39 is 5.97 Å². The first-order valence-electron chi connectivity index (χ1n) is 7.21. The lowest BCUT2D eigenvalue weighted by Crippen LogP contribution is -2.35. The van der Waals surface area contributed by atoms with Crippen LogP contribution >= 0.6 is 0 Å². The molecule has 1 N–H and O–H groups in total. The van der Waals surface area contributed by atoms with Crippen LogP contribution in [-0.2, 0) is 11.3 Å². The molecule has 0 saturated carbocycles. The molecule has 0 spiro atoms. The van der Waals surface area contributed by atoms with Crippen molar-refractivity contribution >= 4 is 11.7 Å². The summed E-state index contributed by atoms with van der Waals surface area (Å²) in [6.45, 7) is 4.49. The maximum Gasteiger partial charge on any atom is 0.311 e. The second-order valence-corrected chi connectivity index (χ2v) is 5.39. The topological polar surface area (TPSA) is 58.4 Å². The summed E-state index contributed by atoms with van der Waals surface area (Å²) >= 11 is 0. The van der Waals surface area contributed by atoms with Gasteiger partial charge in [0.25, 0.3) is 0 Å². The van der Waals surface area contributed by atoms with Crippen molar-refractivity contribution in [1.82, 2.24) is 9.55 Å². The molecule has 110 valence electrons. The number of nitrogens with zero attached hydrogens (tertiary/aromatic N) is 3. The molecule has 1 aliphatic rings. The predicted molar refractivity (Wildman–Crippen MR) is 80.6 cm³/mol. The van der Waals surface area contributed by atoms with Gasteiger partial charge in [-0.05, 0) is 25.0 Å². The van der Waals surface area contributed by atoms with Crippen molar-refractivity contribution in [2.45, 2.75) is 25.8 Å². The zero-order valence-corrected chi connectivity index (χ0v) is 12.1. The molecule has 5 heteroatoms. The Morgan fingerprint density at radius 2 is 2.19 bits per heavy atom. The van der Waals surface area contributed by atoms with E-state index in [-0.39, 0.29) is 5.92 Å². The number of anilines is 1. The molecule has 0 bridgehead atoms. The quantitative estimate of drug-likeness (QED) is 0.936. The number of benzene rings is 1. The van der Waals surface area contributed by atoms with Gasteiger partial charge in [0.05, 0.1) is 5.92 Å². The fourth-order valence-corrected chi connectivity index (χ4v) is 2.99. The summed E-state index contributed by atoms with van der Waals surface area (Å²) in [5, 5.41) is 9.36. The number of aromatic nitrogens is 2. The summed E-state index contributed by atoms with van der Waals surface area (Å²) < 4.78 is 2.12. The summed E-state index contributed by atoms with van der Waals surface area (Å²) in [6, 6.07) is 7.84. The van der Waals surface area contributed by atoms with Gasteiger partial charge >= 0.3 is 5.97 Å². The average Bonchev–Trinajstić information content (AvgIpc) is 2.89. The Bertz CT molecular complexity index is 650. The molecule has 1 aromatic heterocycles. The number of carbonyl (C=O) groups is 1. The second kappa shape index (κ2) is 5.60. The lowest BCUT2D eigenvalue weighted by atomic mass is 9.90. The molecule has 1 aliphatic heterocycles. The van der Waals surface area contributed by atoms with Gasteiger partial charge in [0.1, 0.15) is 5.82 Å². The van der Waals surface area contributed by atoms with Gasteiger partial charge < -0.3 is 14.6 Å². The van der Waals surface area contributed by atoms with Crippen LogP contribution in [0.25, 0.3) is 0 Å². The molecule has 0 saturated heterocycles. The third kappa shape index (κ3) is 2.63. The number of hydrogen-bond donors (Lipinski definition) is 1. The van der Waals surface area contributed by atoms with Crippen molar-refractivity contribution in [1.29, 1.82) is 0 Å². The number of rotatable bonds is 4. The molecule has 5 nitrogen and oxygen atoms in total. The highest BCUT2D eigenvalue weighted by Gasteiger charge is 2.29. The van der Waals surface area contributed by atoms with E-state index >= 15 is 0 Å². The lowest BCUT2D eigenvalue weighted by Gasteiger charge is -2.34. The standard InChI is InChI=1S/C16H19N3O2/c1-12-17-7-9-18(12)10-11-19-8-6-14(16(20)21)13-4-2-3-5-15(13)19/h2-5,7,9,14H,6,8,10-11H2,1H3,(H,20,21). The number of aliphatic carboxylic acids is 1. The van der Waals surface area contributed by atoms with Crippen LogP contribution in [0, 0.1) is 6.92 Å². The highest BCUT2D eigenvalue weighted by atomic mass is 16.4. The summed E-state index contributed by atoms with van der Waals surface area (Å²) in [5.74, 6) is -0.108. The van der Waals surface area contributed by atoms with Crippen LogP contribution in [-0.4, -0.2) is 33.7 Å².